The van der Waals surface area contributed by atoms with Crippen LogP contribution in [0.2, 0.25) is 0 Å². The lowest BCUT2D eigenvalue weighted by molar-refractivity contribution is 0.0433. The summed E-state index contributed by atoms with van der Waals surface area (Å²) in [7, 11) is 1.60. The molecule has 0 aliphatic carbocycles. The smallest absolute Gasteiger partial charge is 0.123 e. The molecule has 4 heteroatoms. The van der Waals surface area contributed by atoms with Crippen molar-refractivity contribution >= 4 is 0 Å². The van der Waals surface area contributed by atoms with Crippen molar-refractivity contribution in [1.29, 1.82) is 0 Å². The van der Waals surface area contributed by atoms with Gasteiger partial charge in [0.1, 0.15) is 11.5 Å². The molecule has 1 aromatic carbocycles. The Bertz CT molecular complexity index is 413. The van der Waals surface area contributed by atoms with Crippen molar-refractivity contribution in [3.8, 4) is 11.5 Å². The average Bonchev–Trinajstić information content (AvgIpc) is 2.39. The van der Waals surface area contributed by atoms with E-state index < -0.39 is 0 Å². The first-order valence-electron chi connectivity index (χ1n) is 6.99. The molecule has 2 rings (SSSR count). The summed E-state index contributed by atoms with van der Waals surface area (Å²) in [4.78, 5) is 0. The van der Waals surface area contributed by atoms with E-state index >= 15 is 0 Å². The van der Waals surface area contributed by atoms with Crippen LogP contribution in [0, 0.1) is 0 Å². The van der Waals surface area contributed by atoms with Crippen molar-refractivity contribution < 1.29 is 9.84 Å². The zero-order chi connectivity index (χ0) is 13.8. The monoisotopic (exact) mass is 264 g/mol. The molecule has 1 fully saturated rings. The molecule has 4 nitrogen and oxygen atoms in total. The highest BCUT2D eigenvalue weighted by molar-refractivity contribution is 5.39. The molecule has 0 bridgehead atoms. The van der Waals surface area contributed by atoms with Crippen LogP contribution in [0.4, 0.5) is 0 Å². The quantitative estimate of drug-likeness (QED) is 0.877. The third-order valence-electron chi connectivity index (χ3n) is 3.94. The first-order valence-corrected chi connectivity index (χ1v) is 6.99. The van der Waals surface area contributed by atoms with Crippen LogP contribution >= 0.6 is 0 Å². The number of nitrogens with zero attached hydrogens (tertiary/aromatic N) is 1. The fraction of sp³-hybridized carbons (Fsp3) is 0.600. The van der Waals surface area contributed by atoms with E-state index in [9.17, 15) is 5.11 Å². The molecule has 1 heterocycles. The van der Waals surface area contributed by atoms with Crippen LogP contribution < -0.4 is 10.2 Å². The van der Waals surface area contributed by atoms with Crippen molar-refractivity contribution in [2.45, 2.75) is 51.7 Å². The molecular weight excluding hydrogens is 240 g/mol. The third-order valence-corrected chi connectivity index (χ3v) is 3.94. The molecule has 1 aromatic rings. The molecule has 0 saturated carbocycles. The van der Waals surface area contributed by atoms with Crippen LogP contribution in [0.15, 0.2) is 18.2 Å². The Morgan fingerprint density at radius 1 is 1.32 bits per heavy atom. The summed E-state index contributed by atoms with van der Waals surface area (Å²) < 4.78 is 5.09. The maximum atomic E-state index is 9.95. The van der Waals surface area contributed by atoms with Crippen molar-refractivity contribution in [2.75, 3.05) is 7.11 Å². The topological polar surface area (TPSA) is 44.7 Å². The van der Waals surface area contributed by atoms with Crippen molar-refractivity contribution in [3.05, 3.63) is 23.8 Å². The second-order valence-corrected chi connectivity index (χ2v) is 5.37. The molecule has 0 radical (unpaired) electrons. The highest BCUT2D eigenvalue weighted by atomic mass is 16.5. The Labute approximate surface area is 115 Å². The van der Waals surface area contributed by atoms with Crippen molar-refractivity contribution in [1.82, 2.24) is 10.4 Å². The molecule has 106 valence electrons. The summed E-state index contributed by atoms with van der Waals surface area (Å²) in [6.45, 7) is 5.14. The van der Waals surface area contributed by atoms with Crippen LogP contribution in [0.3, 0.4) is 0 Å². The van der Waals surface area contributed by atoms with Crippen LogP contribution in [0.1, 0.15) is 38.7 Å². The van der Waals surface area contributed by atoms with Crippen LogP contribution in [-0.2, 0) is 6.54 Å². The van der Waals surface area contributed by atoms with Gasteiger partial charge in [-0.15, -0.1) is 0 Å². The molecule has 2 N–H and O–H groups in total. The van der Waals surface area contributed by atoms with Gasteiger partial charge in [0.05, 0.1) is 7.11 Å². The lowest BCUT2D eigenvalue weighted by Crippen LogP contribution is -2.51. The Kier molecular flexibility index (Phi) is 4.66. The number of ether oxygens (including phenoxy) is 1. The van der Waals surface area contributed by atoms with Gasteiger partial charge in [-0.25, -0.2) is 5.01 Å². The van der Waals surface area contributed by atoms with Gasteiger partial charge in [0.15, 0.2) is 0 Å². The second-order valence-electron chi connectivity index (χ2n) is 5.37. The molecule has 19 heavy (non-hydrogen) atoms. The Morgan fingerprint density at radius 3 is 2.58 bits per heavy atom. The Balaban J connectivity index is 1.98. The zero-order valence-electron chi connectivity index (χ0n) is 12.0. The largest absolute Gasteiger partial charge is 0.507 e. The van der Waals surface area contributed by atoms with E-state index in [1.807, 2.05) is 12.1 Å². The summed E-state index contributed by atoms with van der Waals surface area (Å²) >= 11 is 0. The van der Waals surface area contributed by atoms with Crippen molar-refractivity contribution in [3.63, 3.8) is 0 Å². The number of hydrogen-bond donors (Lipinski definition) is 2. The summed E-state index contributed by atoms with van der Waals surface area (Å²) in [5.41, 5.74) is 4.34. The molecule has 0 amide bonds. The van der Waals surface area contributed by atoms with Gasteiger partial charge in [-0.3, -0.25) is 5.43 Å². The minimum absolute atomic E-state index is 0.282. The molecule has 0 aromatic heterocycles. The molecule has 2 unspecified atom stereocenters. The minimum Gasteiger partial charge on any atom is -0.507 e. The lowest BCUT2D eigenvalue weighted by Gasteiger charge is -2.39. The minimum atomic E-state index is 0.282. The first-order chi connectivity index (χ1) is 9.11. The summed E-state index contributed by atoms with van der Waals surface area (Å²) in [5.74, 6) is 0.963. The number of hydrazine groups is 1. The maximum absolute atomic E-state index is 9.95. The number of piperidine rings is 1. The molecule has 1 aliphatic rings. The highest BCUT2D eigenvalue weighted by Crippen LogP contribution is 2.24. The first kappa shape index (κ1) is 14.2. The van der Waals surface area contributed by atoms with E-state index in [2.05, 4.69) is 24.3 Å². The van der Waals surface area contributed by atoms with E-state index in [-0.39, 0.29) is 5.75 Å². The molecule has 0 spiro atoms. The zero-order valence-corrected chi connectivity index (χ0v) is 12.0. The van der Waals surface area contributed by atoms with Gasteiger partial charge >= 0.3 is 0 Å². The maximum Gasteiger partial charge on any atom is 0.123 e. The van der Waals surface area contributed by atoms with Gasteiger partial charge in [0.25, 0.3) is 0 Å². The van der Waals surface area contributed by atoms with E-state index in [4.69, 9.17) is 4.74 Å². The van der Waals surface area contributed by atoms with Gasteiger partial charge < -0.3 is 9.84 Å². The van der Waals surface area contributed by atoms with Crippen LogP contribution in [0.5, 0.6) is 11.5 Å². The Hall–Kier alpha value is -1.26. The van der Waals surface area contributed by atoms with E-state index in [0.717, 1.165) is 5.56 Å². The number of methoxy groups -OCH3 is 1. The molecule has 1 saturated heterocycles. The second kappa shape index (κ2) is 6.26. The molecule has 1 aliphatic heterocycles. The van der Waals surface area contributed by atoms with Crippen LogP contribution in [0.25, 0.3) is 0 Å². The van der Waals surface area contributed by atoms with Gasteiger partial charge in [-0.1, -0.05) is 12.5 Å². The predicted molar refractivity (Wildman–Crippen MR) is 76.1 cm³/mol. The summed E-state index contributed by atoms with van der Waals surface area (Å²) in [6, 6.07) is 6.52. The number of aromatic hydroxyl groups is 1. The number of hydrogen-bond acceptors (Lipinski definition) is 4. The lowest BCUT2D eigenvalue weighted by atomic mass is 10.00. The molecular formula is C15H24N2O2. The van der Waals surface area contributed by atoms with Gasteiger partial charge in [-0.05, 0) is 32.8 Å². The number of phenolic OH excluding ortho intramolecular Hbond substituents is 1. The molecule has 2 atom stereocenters. The van der Waals surface area contributed by atoms with E-state index in [0.29, 0.717) is 24.4 Å². The fourth-order valence-electron chi connectivity index (χ4n) is 2.73. The number of rotatable bonds is 4. The number of nitrogens with one attached hydrogen (secondary N) is 1. The van der Waals surface area contributed by atoms with Crippen molar-refractivity contribution in [2.24, 2.45) is 0 Å². The number of phenols is 1. The van der Waals surface area contributed by atoms with Gasteiger partial charge in [-0.2, -0.15) is 0 Å². The standard InChI is InChI=1S/C15H24N2O2/c1-11-5-4-6-12(2)17(11)16-10-13-7-8-14(19-3)9-15(13)18/h7-9,11-12,16,18H,4-6,10H2,1-3H3. The summed E-state index contributed by atoms with van der Waals surface area (Å²) in [6.07, 6.45) is 3.76. The Morgan fingerprint density at radius 2 is 2.00 bits per heavy atom. The van der Waals surface area contributed by atoms with Gasteiger partial charge in [0, 0.05) is 30.3 Å². The van der Waals surface area contributed by atoms with E-state index in [1.165, 1.54) is 19.3 Å². The SMILES string of the molecule is COc1ccc(CNN2C(C)CCCC2C)c(O)c1. The number of benzene rings is 1. The average molecular weight is 264 g/mol. The summed E-state index contributed by atoms with van der Waals surface area (Å²) in [5, 5.41) is 12.3. The van der Waals surface area contributed by atoms with Gasteiger partial charge in [0.2, 0.25) is 0 Å². The third kappa shape index (κ3) is 3.39. The highest BCUT2D eigenvalue weighted by Gasteiger charge is 2.24. The van der Waals surface area contributed by atoms with Crippen LogP contribution in [-0.4, -0.2) is 29.3 Å². The normalized spacial score (nSPS) is 24.4. The van der Waals surface area contributed by atoms with E-state index in [1.54, 1.807) is 13.2 Å². The predicted octanol–water partition coefficient (Wildman–Crippen LogP) is 2.67. The fourth-order valence-corrected chi connectivity index (χ4v) is 2.73.